The zero-order chi connectivity index (χ0) is 17.2. The fourth-order valence-corrected chi connectivity index (χ4v) is 2.94. The van der Waals surface area contributed by atoms with Crippen LogP contribution in [-0.4, -0.2) is 31.2 Å². The molecule has 1 aliphatic rings. The highest BCUT2D eigenvalue weighted by Crippen LogP contribution is 2.22. The standard InChI is InChI=1S/C16H16N6O3/c23-15-10(5-3-7-17-15)14-19-12(25-22-14)8-18-16(24)13-9-4-1-2-6-11(9)20-21-13/h3,5,7H,1-2,4,6,8H2,(H,17,23)(H,18,24)(H,20,21). The summed E-state index contributed by atoms with van der Waals surface area (Å²) >= 11 is 0. The molecule has 1 amide bonds. The predicted octanol–water partition coefficient (Wildman–Crippen LogP) is 0.957. The molecule has 0 saturated heterocycles. The minimum absolute atomic E-state index is 0.0677. The van der Waals surface area contributed by atoms with Gasteiger partial charge in [0.15, 0.2) is 5.69 Å². The van der Waals surface area contributed by atoms with Crippen LogP contribution < -0.4 is 10.9 Å². The first-order valence-electron chi connectivity index (χ1n) is 8.07. The summed E-state index contributed by atoms with van der Waals surface area (Å²) in [6, 6.07) is 3.28. The Labute approximate surface area is 141 Å². The number of carbonyl (C=O) groups is 1. The van der Waals surface area contributed by atoms with Crippen molar-refractivity contribution in [1.29, 1.82) is 0 Å². The molecule has 0 bridgehead atoms. The summed E-state index contributed by atoms with van der Waals surface area (Å²) in [5.41, 5.74) is 2.46. The minimum Gasteiger partial charge on any atom is -0.342 e. The fourth-order valence-electron chi connectivity index (χ4n) is 2.94. The van der Waals surface area contributed by atoms with Crippen molar-refractivity contribution in [3.63, 3.8) is 0 Å². The van der Waals surface area contributed by atoms with E-state index < -0.39 is 0 Å². The van der Waals surface area contributed by atoms with Crippen molar-refractivity contribution < 1.29 is 9.32 Å². The minimum atomic E-state index is -0.304. The van der Waals surface area contributed by atoms with E-state index in [2.05, 4.69) is 30.6 Å². The van der Waals surface area contributed by atoms with Crippen LogP contribution in [-0.2, 0) is 19.4 Å². The number of rotatable bonds is 4. The van der Waals surface area contributed by atoms with Gasteiger partial charge in [0.25, 0.3) is 11.5 Å². The molecular formula is C16H16N6O3. The molecule has 0 atom stereocenters. The van der Waals surface area contributed by atoms with Crippen LogP contribution in [0.5, 0.6) is 0 Å². The zero-order valence-electron chi connectivity index (χ0n) is 13.3. The number of hydrogen-bond donors (Lipinski definition) is 3. The van der Waals surface area contributed by atoms with E-state index in [1.165, 1.54) is 6.20 Å². The Morgan fingerprint density at radius 1 is 1.32 bits per heavy atom. The number of aromatic nitrogens is 5. The molecule has 3 aromatic rings. The quantitative estimate of drug-likeness (QED) is 0.648. The van der Waals surface area contributed by atoms with E-state index in [1.807, 2.05) is 0 Å². The number of nitrogens with zero attached hydrogens (tertiary/aromatic N) is 3. The first-order chi connectivity index (χ1) is 12.2. The molecule has 0 spiro atoms. The molecule has 4 rings (SSSR count). The number of aromatic amines is 2. The fraction of sp³-hybridized carbons (Fsp3) is 0.312. The molecule has 0 aromatic carbocycles. The Bertz CT molecular complexity index is 970. The monoisotopic (exact) mass is 340 g/mol. The van der Waals surface area contributed by atoms with E-state index in [0.717, 1.165) is 36.9 Å². The molecule has 0 saturated carbocycles. The Kier molecular flexibility index (Phi) is 3.88. The van der Waals surface area contributed by atoms with Gasteiger partial charge in [-0.3, -0.25) is 14.7 Å². The Morgan fingerprint density at radius 3 is 3.08 bits per heavy atom. The van der Waals surface area contributed by atoms with Gasteiger partial charge in [0, 0.05) is 17.5 Å². The highest BCUT2D eigenvalue weighted by molar-refractivity contribution is 5.93. The number of nitrogens with one attached hydrogen (secondary N) is 3. The van der Waals surface area contributed by atoms with Crippen molar-refractivity contribution in [2.45, 2.75) is 32.2 Å². The van der Waals surface area contributed by atoms with E-state index in [9.17, 15) is 9.59 Å². The van der Waals surface area contributed by atoms with Gasteiger partial charge in [-0.15, -0.1) is 0 Å². The Balaban J connectivity index is 1.45. The molecule has 0 unspecified atom stereocenters. The van der Waals surface area contributed by atoms with Gasteiger partial charge in [-0.2, -0.15) is 10.1 Å². The van der Waals surface area contributed by atoms with Crippen LogP contribution >= 0.6 is 0 Å². The Hall–Kier alpha value is -3.23. The maximum Gasteiger partial charge on any atom is 0.272 e. The van der Waals surface area contributed by atoms with Crippen molar-refractivity contribution in [3.8, 4) is 11.4 Å². The van der Waals surface area contributed by atoms with Gasteiger partial charge >= 0.3 is 0 Å². The molecule has 3 heterocycles. The van der Waals surface area contributed by atoms with Crippen LogP contribution in [0, 0.1) is 0 Å². The Morgan fingerprint density at radius 2 is 2.20 bits per heavy atom. The van der Waals surface area contributed by atoms with Crippen LogP contribution in [0.2, 0.25) is 0 Å². The average Bonchev–Trinajstić information content (AvgIpc) is 3.27. The van der Waals surface area contributed by atoms with E-state index in [0.29, 0.717) is 11.3 Å². The second-order valence-corrected chi connectivity index (χ2v) is 5.84. The molecule has 128 valence electrons. The summed E-state index contributed by atoms with van der Waals surface area (Å²) in [6.45, 7) is 0.0677. The number of H-pyrrole nitrogens is 2. The summed E-state index contributed by atoms with van der Waals surface area (Å²) in [4.78, 5) is 30.8. The lowest BCUT2D eigenvalue weighted by molar-refractivity contribution is 0.0940. The zero-order valence-corrected chi connectivity index (χ0v) is 13.3. The average molecular weight is 340 g/mol. The molecule has 3 N–H and O–H groups in total. The third-order valence-corrected chi connectivity index (χ3v) is 4.20. The van der Waals surface area contributed by atoms with Gasteiger partial charge in [-0.1, -0.05) is 5.16 Å². The third kappa shape index (κ3) is 2.95. The van der Waals surface area contributed by atoms with Gasteiger partial charge in [0.1, 0.15) is 0 Å². The molecule has 25 heavy (non-hydrogen) atoms. The molecule has 0 aliphatic heterocycles. The van der Waals surface area contributed by atoms with Crippen molar-refractivity contribution in [2.75, 3.05) is 0 Å². The molecule has 3 aromatic heterocycles. The molecule has 0 radical (unpaired) electrons. The predicted molar refractivity (Wildman–Crippen MR) is 86.8 cm³/mol. The van der Waals surface area contributed by atoms with Crippen LogP contribution in [0.4, 0.5) is 0 Å². The van der Waals surface area contributed by atoms with Crippen molar-refractivity contribution in [1.82, 2.24) is 30.6 Å². The van der Waals surface area contributed by atoms with Crippen LogP contribution in [0.25, 0.3) is 11.4 Å². The number of fused-ring (bicyclic) bond motifs is 1. The summed E-state index contributed by atoms with van der Waals surface area (Å²) in [7, 11) is 0. The largest absolute Gasteiger partial charge is 0.342 e. The first kappa shape index (κ1) is 15.3. The summed E-state index contributed by atoms with van der Waals surface area (Å²) in [5.74, 6) is 0.121. The van der Waals surface area contributed by atoms with Crippen LogP contribution in [0.3, 0.4) is 0 Å². The number of hydrogen-bond acceptors (Lipinski definition) is 6. The second-order valence-electron chi connectivity index (χ2n) is 5.84. The van der Waals surface area contributed by atoms with Crippen LogP contribution in [0.1, 0.15) is 40.5 Å². The smallest absolute Gasteiger partial charge is 0.272 e. The second kappa shape index (κ2) is 6.34. The maximum atomic E-state index is 12.3. The highest BCUT2D eigenvalue weighted by atomic mass is 16.5. The topological polar surface area (TPSA) is 130 Å². The lowest BCUT2D eigenvalue weighted by Crippen LogP contribution is -2.24. The summed E-state index contributed by atoms with van der Waals surface area (Å²) < 4.78 is 5.10. The molecule has 0 fully saturated rings. The van der Waals surface area contributed by atoms with E-state index in [-0.39, 0.29) is 29.7 Å². The first-order valence-corrected chi connectivity index (χ1v) is 8.07. The number of aryl methyl sites for hydroxylation is 1. The lowest BCUT2D eigenvalue weighted by Gasteiger charge is -2.10. The molecule has 1 aliphatic carbocycles. The van der Waals surface area contributed by atoms with E-state index in [1.54, 1.807) is 12.1 Å². The van der Waals surface area contributed by atoms with E-state index in [4.69, 9.17) is 4.52 Å². The van der Waals surface area contributed by atoms with Crippen molar-refractivity contribution in [3.05, 3.63) is 51.5 Å². The molecule has 9 heteroatoms. The summed E-state index contributed by atoms with van der Waals surface area (Å²) in [5, 5.41) is 13.6. The summed E-state index contributed by atoms with van der Waals surface area (Å²) in [6.07, 6.45) is 5.48. The van der Waals surface area contributed by atoms with Gasteiger partial charge in [0.2, 0.25) is 11.7 Å². The van der Waals surface area contributed by atoms with Crippen molar-refractivity contribution in [2.24, 2.45) is 0 Å². The highest BCUT2D eigenvalue weighted by Gasteiger charge is 2.22. The van der Waals surface area contributed by atoms with Gasteiger partial charge in [-0.05, 0) is 37.8 Å². The number of pyridine rings is 1. The SMILES string of the molecule is O=C(NCc1nc(-c2ccc[nH]c2=O)no1)c1n[nH]c2c1CCCC2. The van der Waals surface area contributed by atoms with Gasteiger partial charge in [-0.25, -0.2) is 0 Å². The van der Waals surface area contributed by atoms with Crippen molar-refractivity contribution >= 4 is 5.91 Å². The molecule has 9 nitrogen and oxygen atoms in total. The lowest BCUT2D eigenvalue weighted by atomic mass is 9.96. The van der Waals surface area contributed by atoms with Gasteiger partial charge < -0.3 is 14.8 Å². The van der Waals surface area contributed by atoms with Gasteiger partial charge in [0.05, 0.1) is 12.1 Å². The van der Waals surface area contributed by atoms with Crippen LogP contribution in [0.15, 0.2) is 27.6 Å². The number of carbonyl (C=O) groups excluding carboxylic acids is 1. The van der Waals surface area contributed by atoms with E-state index >= 15 is 0 Å². The maximum absolute atomic E-state index is 12.3. The normalized spacial score (nSPS) is 13.4. The number of amides is 1. The molecular weight excluding hydrogens is 324 g/mol. The third-order valence-electron chi connectivity index (χ3n) is 4.20.